The van der Waals surface area contributed by atoms with Crippen molar-refractivity contribution in [3.05, 3.63) is 71.8 Å². The number of hydrogen-bond acceptors (Lipinski definition) is 2. The van der Waals surface area contributed by atoms with Gasteiger partial charge in [0.2, 0.25) is 0 Å². The van der Waals surface area contributed by atoms with E-state index in [2.05, 4.69) is 0 Å². The highest BCUT2D eigenvalue weighted by molar-refractivity contribution is 7.92. The molecule has 0 aromatic heterocycles. The van der Waals surface area contributed by atoms with Crippen molar-refractivity contribution < 1.29 is 8.42 Å². The minimum absolute atomic E-state index is 0.405. The van der Waals surface area contributed by atoms with Crippen LogP contribution in [0.2, 0.25) is 0 Å². The van der Waals surface area contributed by atoms with Crippen LogP contribution in [0.25, 0.3) is 0 Å². The second kappa shape index (κ2) is 5.57. The molecule has 0 N–H and O–H groups in total. The quantitative estimate of drug-likeness (QED) is 0.853. The van der Waals surface area contributed by atoms with Crippen LogP contribution >= 0.6 is 0 Å². The summed E-state index contributed by atoms with van der Waals surface area (Å²) in [6, 6.07) is 18.8. The van der Waals surface area contributed by atoms with E-state index in [0.717, 1.165) is 11.1 Å². The first-order valence-electron chi connectivity index (χ1n) is 6.36. The highest BCUT2D eigenvalue weighted by Crippen LogP contribution is 2.32. The average molecular weight is 274 g/mol. The molecule has 0 spiro atoms. The topological polar surface area (TPSA) is 34.1 Å². The monoisotopic (exact) mass is 274 g/mol. The summed E-state index contributed by atoms with van der Waals surface area (Å²) in [6.07, 6.45) is 0. The Balaban J connectivity index is 2.59. The molecule has 2 nitrogen and oxygen atoms in total. The highest BCUT2D eigenvalue weighted by Gasteiger charge is 2.31. The molecule has 3 heteroatoms. The molecule has 0 atom stereocenters. The zero-order valence-corrected chi connectivity index (χ0v) is 12.0. The van der Waals surface area contributed by atoms with Crippen molar-refractivity contribution in [2.75, 3.05) is 0 Å². The molecular weight excluding hydrogens is 256 g/mol. The van der Waals surface area contributed by atoms with Gasteiger partial charge in [0.05, 0.1) is 5.25 Å². The molecule has 2 aromatic carbocycles. The zero-order chi connectivity index (χ0) is 13.9. The minimum atomic E-state index is -3.25. The van der Waals surface area contributed by atoms with Gasteiger partial charge in [-0.25, -0.2) is 8.42 Å². The Labute approximate surface area is 115 Å². The summed E-state index contributed by atoms with van der Waals surface area (Å²) in [6.45, 7) is 3.46. The van der Waals surface area contributed by atoms with Gasteiger partial charge in [-0.1, -0.05) is 60.7 Å². The van der Waals surface area contributed by atoms with Gasteiger partial charge in [-0.05, 0) is 25.0 Å². The summed E-state index contributed by atoms with van der Waals surface area (Å²) in [7, 11) is -3.25. The maximum Gasteiger partial charge on any atom is 0.163 e. The molecule has 100 valence electrons. The van der Waals surface area contributed by atoms with E-state index in [9.17, 15) is 8.42 Å². The average Bonchev–Trinajstić information content (AvgIpc) is 2.41. The molecule has 0 heterocycles. The molecular formula is C16H18O2S. The Hall–Kier alpha value is -1.61. The molecule has 0 saturated carbocycles. The Kier molecular flexibility index (Phi) is 4.05. The summed E-state index contributed by atoms with van der Waals surface area (Å²) >= 11 is 0. The van der Waals surface area contributed by atoms with Crippen LogP contribution in [0.4, 0.5) is 0 Å². The molecule has 0 bridgehead atoms. The van der Waals surface area contributed by atoms with Crippen LogP contribution in [-0.2, 0) is 9.84 Å². The Morgan fingerprint density at radius 1 is 0.737 bits per heavy atom. The fraction of sp³-hybridized carbons (Fsp3) is 0.250. The number of benzene rings is 2. The summed E-state index contributed by atoms with van der Waals surface area (Å²) in [5.41, 5.74) is 1.64. The first kappa shape index (κ1) is 13.8. The fourth-order valence-electron chi connectivity index (χ4n) is 2.10. The first-order chi connectivity index (χ1) is 9.03. The van der Waals surface area contributed by atoms with Crippen LogP contribution in [0.1, 0.15) is 30.2 Å². The lowest BCUT2D eigenvalue weighted by Crippen LogP contribution is -2.23. The maximum absolute atomic E-state index is 12.6. The Bertz CT molecular complexity index is 577. The van der Waals surface area contributed by atoms with Crippen LogP contribution in [0.5, 0.6) is 0 Å². The van der Waals surface area contributed by atoms with Crippen LogP contribution < -0.4 is 0 Å². The van der Waals surface area contributed by atoms with Crippen molar-refractivity contribution in [1.29, 1.82) is 0 Å². The van der Waals surface area contributed by atoms with E-state index < -0.39 is 20.3 Å². The molecule has 0 aliphatic carbocycles. The van der Waals surface area contributed by atoms with Crippen molar-refractivity contribution in [2.45, 2.75) is 24.3 Å². The molecule has 0 radical (unpaired) electrons. The standard InChI is InChI=1S/C16H18O2S/c1-13(2)19(17,18)16(14-9-5-3-6-10-14)15-11-7-4-8-12-15/h3-13,16H,1-2H3. The number of hydrogen-bond donors (Lipinski definition) is 0. The SMILES string of the molecule is CC(C)S(=O)(=O)C(c1ccccc1)c1ccccc1. The van der Waals surface area contributed by atoms with Crippen molar-refractivity contribution >= 4 is 9.84 Å². The minimum Gasteiger partial charge on any atom is -0.228 e. The highest BCUT2D eigenvalue weighted by atomic mass is 32.2. The molecule has 0 saturated heterocycles. The second-order valence-electron chi connectivity index (χ2n) is 4.84. The largest absolute Gasteiger partial charge is 0.228 e. The maximum atomic E-state index is 12.6. The third-order valence-electron chi connectivity index (χ3n) is 3.19. The van der Waals surface area contributed by atoms with Crippen molar-refractivity contribution in [3.8, 4) is 0 Å². The predicted molar refractivity (Wildman–Crippen MR) is 78.8 cm³/mol. The lowest BCUT2D eigenvalue weighted by molar-refractivity contribution is 0.580. The molecule has 0 fully saturated rings. The van der Waals surface area contributed by atoms with E-state index in [0.29, 0.717) is 0 Å². The lowest BCUT2D eigenvalue weighted by atomic mass is 10.0. The van der Waals surface area contributed by atoms with E-state index in [1.165, 1.54) is 0 Å². The van der Waals surface area contributed by atoms with Gasteiger partial charge in [0, 0.05) is 0 Å². The predicted octanol–water partition coefficient (Wildman–Crippen LogP) is 3.60. The van der Waals surface area contributed by atoms with Crippen LogP contribution in [0.15, 0.2) is 60.7 Å². The van der Waals surface area contributed by atoms with E-state index in [-0.39, 0.29) is 0 Å². The first-order valence-corrected chi connectivity index (χ1v) is 7.97. The van der Waals surface area contributed by atoms with Crippen molar-refractivity contribution in [1.82, 2.24) is 0 Å². The third-order valence-corrected chi connectivity index (χ3v) is 5.71. The van der Waals surface area contributed by atoms with E-state index in [4.69, 9.17) is 0 Å². The Morgan fingerprint density at radius 3 is 1.42 bits per heavy atom. The fourth-order valence-corrected chi connectivity index (χ4v) is 3.72. The summed E-state index contributed by atoms with van der Waals surface area (Å²) in [5.74, 6) is 0. The number of sulfone groups is 1. The van der Waals surface area contributed by atoms with Gasteiger partial charge in [0.15, 0.2) is 9.84 Å². The number of rotatable bonds is 4. The van der Waals surface area contributed by atoms with Gasteiger partial charge in [-0.2, -0.15) is 0 Å². The van der Waals surface area contributed by atoms with E-state index >= 15 is 0 Å². The normalized spacial score (nSPS) is 12.0. The van der Waals surface area contributed by atoms with Crippen LogP contribution in [-0.4, -0.2) is 13.7 Å². The smallest absolute Gasteiger partial charge is 0.163 e. The summed E-state index contributed by atoms with van der Waals surface area (Å²) in [4.78, 5) is 0. The van der Waals surface area contributed by atoms with Gasteiger partial charge in [-0.3, -0.25) is 0 Å². The molecule has 2 rings (SSSR count). The molecule has 0 aliphatic heterocycles. The summed E-state index contributed by atoms with van der Waals surface area (Å²) in [5, 5.41) is -0.993. The van der Waals surface area contributed by atoms with Gasteiger partial charge in [-0.15, -0.1) is 0 Å². The Morgan fingerprint density at radius 2 is 1.11 bits per heavy atom. The van der Waals surface area contributed by atoms with Gasteiger partial charge < -0.3 is 0 Å². The molecule has 0 amide bonds. The van der Waals surface area contributed by atoms with Gasteiger partial charge in [0.25, 0.3) is 0 Å². The van der Waals surface area contributed by atoms with E-state index in [1.54, 1.807) is 13.8 Å². The third kappa shape index (κ3) is 2.87. The summed E-state index contributed by atoms with van der Waals surface area (Å²) < 4.78 is 25.3. The van der Waals surface area contributed by atoms with Crippen LogP contribution in [0.3, 0.4) is 0 Å². The van der Waals surface area contributed by atoms with Crippen molar-refractivity contribution in [2.24, 2.45) is 0 Å². The van der Waals surface area contributed by atoms with Gasteiger partial charge in [0.1, 0.15) is 5.25 Å². The molecule has 2 aromatic rings. The molecule has 0 aliphatic rings. The van der Waals surface area contributed by atoms with E-state index in [1.807, 2.05) is 60.7 Å². The van der Waals surface area contributed by atoms with Crippen LogP contribution in [0, 0.1) is 0 Å². The molecule has 0 unspecified atom stereocenters. The van der Waals surface area contributed by atoms with Crippen molar-refractivity contribution in [3.63, 3.8) is 0 Å². The molecule has 19 heavy (non-hydrogen) atoms. The zero-order valence-electron chi connectivity index (χ0n) is 11.2. The lowest BCUT2D eigenvalue weighted by Gasteiger charge is -2.21. The van der Waals surface area contributed by atoms with Gasteiger partial charge >= 0.3 is 0 Å². The second-order valence-corrected chi connectivity index (χ2v) is 7.43.